The Bertz CT molecular complexity index is 400. The Kier molecular flexibility index (Phi) is 6.00. The summed E-state index contributed by atoms with van der Waals surface area (Å²) in [6.07, 6.45) is 1.35. The van der Waals surface area contributed by atoms with E-state index in [1.54, 1.807) is 11.3 Å². The molecule has 20 heavy (non-hydrogen) atoms. The van der Waals surface area contributed by atoms with Crippen molar-refractivity contribution in [1.29, 1.82) is 0 Å². The zero-order chi connectivity index (χ0) is 14.5. The molecule has 4 heteroatoms. The highest BCUT2D eigenvalue weighted by molar-refractivity contribution is 7.09. The van der Waals surface area contributed by atoms with E-state index in [2.05, 4.69) is 43.3 Å². The third-order valence-corrected chi connectivity index (χ3v) is 4.96. The minimum atomic E-state index is 0.701. The van der Waals surface area contributed by atoms with Crippen LogP contribution in [-0.4, -0.2) is 29.5 Å². The smallest absolute Gasteiger partial charge is 0.107 e. The van der Waals surface area contributed by atoms with E-state index in [9.17, 15) is 0 Å². The quantitative estimate of drug-likeness (QED) is 0.836. The Hall–Kier alpha value is -0.450. The SMILES string of the molecule is CC(C)CNCc1nc(CN2CCC(C(C)C)C2)cs1. The molecule has 1 aliphatic rings. The summed E-state index contributed by atoms with van der Waals surface area (Å²) in [5.74, 6) is 2.39. The van der Waals surface area contributed by atoms with Crippen molar-refractivity contribution in [1.82, 2.24) is 15.2 Å². The topological polar surface area (TPSA) is 28.2 Å². The first-order valence-electron chi connectivity index (χ1n) is 7.91. The monoisotopic (exact) mass is 295 g/mol. The van der Waals surface area contributed by atoms with Crippen LogP contribution in [0.3, 0.4) is 0 Å². The number of nitrogens with one attached hydrogen (secondary N) is 1. The highest BCUT2D eigenvalue weighted by Gasteiger charge is 2.25. The second kappa shape index (κ2) is 7.53. The van der Waals surface area contributed by atoms with Crippen molar-refractivity contribution in [2.24, 2.45) is 17.8 Å². The Morgan fingerprint density at radius 2 is 2.20 bits per heavy atom. The standard InChI is InChI=1S/C16H29N3S/c1-12(2)7-17-8-16-18-15(11-20-16)10-19-6-5-14(9-19)13(3)4/h11-14,17H,5-10H2,1-4H3. The van der Waals surface area contributed by atoms with Gasteiger partial charge in [-0.15, -0.1) is 11.3 Å². The van der Waals surface area contributed by atoms with E-state index in [4.69, 9.17) is 4.98 Å². The summed E-state index contributed by atoms with van der Waals surface area (Å²) < 4.78 is 0. The van der Waals surface area contributed by atoms with Gasteiger partial charge in [0.05, 0.1) is 5.69 Å². The van der Waals surface area contributed by atoms with Gasteiger partial charge in [0.25, 0.3) is 0 Å². The van der Waals surface area contributed by atoms with Gasteiger partial charge in [-0.05, 0) is 37.3 Å². The molecular weight excluding hydrogens is 266 g/mol. The number of hydrogen-bond acceptors (Lipinski definition) is 4. The molecule has 0 radical (unpaired) electrons. The molecule has 1 N–H and O–H groups in total. The largest absolute Gasteiger partial charge is 0.310 e. The normalized spacial score (nSPS) is 20.4. The molecule has 1 fully saturated rings. The summed E-state index contributed by atoms with van der Waals surface area (Å²) in [5, 5.41) is 6.92. The Labute approximate surface area is 127 Å². The Morgan fingerprint density at radius 3 is 2.85 bits per heavy atom. The molecule has 0 bridgehead atoms. The van der Waals surface area contributed by atoms with Crippen molar-refractivity contribution in [2.75, 3.05) is 19.6 Å². The average Bonchev–Trinajstić information content (AvgIpc) is 2.99. The fourth-order valence-corrected chi connectivity index (χ4v) is 3.50. The number of thiazole rings is 1. The fourth-order valence-electron chi connectivity index (χ4n) is 2.75. The number of aromatic nitrogens is 1. The predicted octanol–water partition coefficient (Wildman–Crippen LogP) is 3.37. The van der Waals surface area contributed by atoms with E-state index < -0.39 is 0 Å². The van der Waals surface area contributed by atoms with E-state index in [0.29, 0.717) is 5.92 Å². The zero-order valence-electron chi connectivity index (χ0n) is 13.4. The lowest BCUT2D eigenvalue weighted by atomic mass is 9.95. The van der Waals surface area contributed by atoms with E-state index >= 15 is 0 Å². The van der Waals surface area contributed by atoms with Crippen LogP contribution in [0.2, 0.25) is 0 Å². The minimum absolute atomic E-state index is 0.701. The summed E-state index contributed by atoms with van der Waals surface area (Å²) >= 11 is 1.79. The van der Waals surface area contributed by atoms with Gasteiger partial charge < -0.3 is 5.32 Å². The van der Waals surface area contributed by atoms with Gasteiger partial charge in [-0.2, -0.15) is 0 Å². The molecule has 1 saturated heterocycles. The molecule has 0 aromatic carbocycles. The van der Waals surface area contributed by atoms with Gasteiger partial charge >= 0.3 is 0 Å². The van der Waals surface area contributed by atoms with Crippen LogP contribution >= 0.6 is 11.3 Å². The van der Waals surface area contributed by atoms with Gasteiger partial charge in [0, 0.05) is 25.0 Å². The maximum atomic E-state index is 4.75. The molecule has 0 aliphatic carbocycles. The van der Waals surface area contributed by atoms with E-state index in [1.165, 1.54) is 30.2 Å². The van der Waals surface area contributed by atoms with E-state index in [0.717, 1.165) is 31.5 Å². The first-order chi connectivity index (χ1) is 9.54. The van der Waals surface area contributed by atoms with Crippen molar-refractivity contribution in [3.05, 3.63) is 16.1 Å². The lowest BCUT2D eigenvalue weighted by Gasteiger charge is -2.16. The number of rotatable bonds is 7. The van der Waals surface area contributed by atoms with Gasteiger partial charge in [-0.3, -0.25) is 4.90 Å². The second-order valence-corrected chi connectivity index (χ2v) is 7.73. The van der Waals surface area contributed by atoms with Crippen molar-refractivity contribution in [2.45, 2.75) is 47.2 Å². The zero-order valence-corrected chi connectivity index (χ0v) is 14.2. The average molecular weight is 295 g/mol. The fraction of sp³-hybridized carbons (Fsp3) is 0.812. The van der Waals surface area contributed by atoms with Crippen molar-refractivity contribution >= 4 is 11.3 Å². The molecule has 3 nitrogen and oxygen atoms in total. The van der Waals surface area contributed by atoms with Gasteiger partial charge in [-0.25, -0.2) is 4.98 Å². The minimum Gasteiger partial charge on any atom is -0.310 e. The summed E-state index contributed by atoms with van der Waals surface area (Å²) in [5.41, 5.74) is 1.25. The Morgan fingerprint density at radius 1 is 1.40 bits per heavy atom. The van der Waals surface area contributed by atoms with Crippen LogP contribution in [0, 0.1) is 17.8 Å². The van der Waals surface area contributed by atoms with Crippen LogP contribution in [0.25, 0.3) is 0 Å². The van der Waals surface area contributed by atoms with Crippen molar-refractivity contribution in [3.63, 3.8) is 0 Å². The Balaban J connectivity index is 1.75. The van der Waals surface area contributed by atoms with Gasteiger partial charge in [0.1, 0.15) is 5.01 Å². The lowest BCUT2D eigenvalue weighted by molar-refractivity contribution is 0.294. The number of hydrogen-bond donors (Lipinski definition) is 1. The van der Waals surface area contributed by atoms with Crippen LogP contribution in [0.4, 0.5) is 0 Å². The molecule has 1 aromatic rings. The summed E-state index contributed by atoms with van der Waals surface area (Å²) in [6, 6.07) is 0. The summed E-state index contributed by atoms with van der Waals surface area (Å²) in [7, 11) is 0. The number of likely N-dealkylation sites (tertiary alicyclic amines) is 1. The molecule has 0 amide bonds. The first-order valence-corrected chi connectivity index (χ1v) is 8.79. The van der Waals surface area contributed by atoms with Crippen LogP contribution in [-0.2, 0) is 13.1 Å². The van der Waals surface area contributed by atoms with Gasteiger partial charge in [-0.1, -0.05) is 27.7 Å². The van der Waals surface area contributed by atoms with Gasteiger partial charge in [0.2, 0.25) is 0 Å². The van der Waals surface area contributed by atoms with Crippen molar-refractivity contribution < 1.29 is 0 Å². The van der Waals surface area contributed by atoms with Crippen LogP contribution in [0.1, 0.15) is 44.8 Å². The molecule has 2 heterocycles. The molecule has 1 unspecified atom stereocenters. The molecular formula is C16H29N3S. The van der Waals surface area contributed by atoms with Crippen LogP contribution in [0.15, 0.2) is 5.38 Å². The van der Waals surface area contributed by atoms with Crippen LogP contribution in [0.5, 0.6) is 0 Å². The maximum Gasteiger partial charge on any atom is 0.107 e. The molecule has 0 spiro atoms. The maximum absolute atomic E-state index is 4.75. The molecule has 0 saturated carbocycles. The molecule has 1 atom stereocenters. The second-order valence-electron chi connectivity index (χ2n) is 6.79. The van der Waals surface area contributed by atoms with Gasteiger partial charge in [0.15, 0.2) is 0 Å². The molecule has 1 aliphatic heterocycles. The lowest BCUT2D eigenvalue weighted by Crippen LogP contribution is -2.22. The molecule has 114 valence electrons. The predicted molar refractivity (Wildman–Crippen MR) is 86.9 cm³/mol. The van der Waals surface area contributed by atoms with E-state index in [-0.39, 0.29) is 0 Å². The van der Waals surface area contributed by atoms with Crippen molar-refractivity contribution in [3.8, 4) is 0 Å². The summed E-state index contributed by atoms with van der Waals surface area (Å²) in [4.78, 5) is 7.32. The first kappa shape index (κ1) is 15.9. The molecule has 1 aromatic heterocycles. The number of nitrogens with zero attached hydrogens (tertiary/aromatic N) is 2. The highest BCUT2D eigenvalue weighted by atomic mass is 32.1. The third-order valence-electron chi connectivity index (χ3n) is 4.07. The summed E-state index contributed by atoms with van der Waals surface area (Å²) in [6.45, 7) is 14.7. The molecule has 2 rings (SSSR count). The van der Waals surface area contributed by atoms with E-state index in [1.807, 2.05) is 0 Å². The van der Waals surface area contributed by atoms with Crippen LogP contribution < -0.4 is 5.32 Å². The highest BCUT2D eigenvalue weighted by Crippen LogP contribution is 2.25. The third kappa shape index (κ3) is 4.83.